The van der Waals surface area contributed by atoms with Crippen molar-refractivity contribution in [2.45, 2.75) is 32.8 Å². The zero-order valence-corrected chi connectivity index (χ0v) is 12.9. The van der Waals surface area contributed by atoms with Crippen LogP contribution in [0.5, 0.6) is 0 Å². The predicted molar refractivity (Wildman–Crippen MR) is 81.0 cm³/mol. The summed E-state index contributed by atoms with van der Waals surface area (Å²) in [5.41, 5.74) is 0.686. The first-order valence-corrected chi connectivity index (χ1v) is 7.36. The van der Waals surface area contributed by atoms with Crippen LogP contribution < -0.4 is 0 Å². The maximum atomic E-state index is 12.1. The van der Waals surface area contributed by atoms with Crippen LogP contribution >= 0.6 is 0 Å². The number of hydrogen-bond acceptors (Lipinski definition) is 3. The molecule has 0 bridgehead atoms. The van der Waals surface area contributed by atoms with Gasteiger partial charge in [0, 0.05) is 19.0 Å². The lowest BCUT2D eigenvalue weighted by Crippen LogP contribution is -2.35. The second-order valence-corrected chi connectivity index (χ2v) is 6.64. The molecule has 2 atom stereocenters. The maximum Gasteiger partial charge on any atom is 0.410 e. The summed E-state index contributed by atoms with van der Waals surface area (Å²) < 4.78 is 5.38. The number of hydrogen-bond donors (Lipinski definition) is 0. The van der Waals surface area contributed by atoms with E-state index in [1.54, 1.807) is 4.90 Å². The molecule has 1 amide bonds. The van der Waals surface area contributed by atoms with E-state index in [0.29, 0.717) is 13.1 Å². The van der Waals surface area contributed by atoms with Gasteiger partial charge in [-0.25, -0.2) is 4.79 Å². The van der Waals surface area contributed by atoms with Crippen molar-refractivity contribution in [1.29, 1.82) is 0 Å². The summed E-state index contributed by atoms with van der Waals surface area (Å²) in [7, 11) is 0. The molecule has 1 aliphatic rings. The van der Waals surface area contributed by atoms with Crippen LogP contribution in [0.3, 0.4) is 0 Å². The minimum atomic E-state index is -0.509. The molecule has 0 aromatic heterocycles. The summed E-state index contributed by atoms with van der Waals surface area (Å²) in [6.07, 6.45) is 1.45. The Kier molecular flexibility index (Phi) is 4.66. The van der Waals surface area contributed by atoms with Gasteiger partial charge in [0.25, 0.3) is 0 Å². The molecule has 2 rings (SSSR count). The van der Waals surface area contributed by atoms with Gasteiger partial charge in [-0.05, 0) is 38.7 Å². The molecular weight excluding hydrogens is 266 g/mol. The van der Waals surface area contributed by atoms with Crippen LogP contribution in [0.1, 0.15) is 26.3 Å². The van der Waals surface area contributed by atoms with E-state index in [1.807, 2.05) is 39.0 Å². The smallest absolute Gasteiger partial charge is 0.410 e. The Labute approximate surface area is 126 Å². The van der Waals surface area contributed by atoms with Crippen molar-refractivity contribution in [3.05, 3.63) is 35.9 Å². The summed E-state index contributed by atoms with van der Waals surface area (Å²) >= 11 is 0. The number of carbonyl (C=O) groups excluding carboxylic acids is 2. The van der Waals surface area contributed by atoms with E-state index in [4.69, 9.17) is 4.74 Å². The van der Waals surface area contributed by atoms with Gasteiger partial charge in [0.1, 0.15) is 11.9 Å². The van der Waals surface area contributed by atoms with E-state index >= 15 is 0 Å². The number of benzene rings is 1. The lowest BCUT2D eigenvalue weighted by molar-refractivity contribution is -0.111. The average Bonchev–Trinajstić information content (AvgIpc) is 2.81. The van der Waals surface area contributed by atoms with Gasteiger partial charge in [-0.15, -0.1) is 0 Å². The Hall–Kier alpha value is -1.84. The van der Waals surface area contributed by atoms with Crippen molar-refractivity contribution in [3.63, 3.8) is 0 Å². The van der Waals surface area contributed by atoms with Crippen molar-refractivity contribution in [2.24, 2.45) is 11.8 Å². The second-order valence-electron chi connectivity index (χ2n) is 6.64. The number of rotatable bonds is 3. The van der Waals surface area contributed by atoms with Gasteiger partial charge in [0.05, 0.1) is 0 Å². The number of carbonyl (C=O) groups is 2. The number of aldehydes is 1. The third kappa shape index (κ3) is 4.31. The minimum Gasteiger partial charge on any atom is -0.444 e. The number of amides is 1. The average molecular weight is 289 g/mol. The van der Waals surface area contributed by atoms with Crippen LogP contribution in [0, 0.1) is 11.8 Å². The molecule has 1 heterocycles. The molecule has 21 heavy (non-hydrogen) atoms. The van der Waals surface area contributed by atoms with E-state index in [2.05, 4.69) is 12.1 Å². The van der Waals surface area contributed by atoms with Crippen LogP contribution in [0.25, 0.3) is 0 Å². The molecule has 0 unspecified atom stereocenters. The third-order valence-corrected chi connectivity index (χ3v) is 3.66. The van der Waals surface area contributed by atoms with E-state index in [1.165, 1.54) is 5.56 Å². The molecule has 0 radical (unpaired) electrons. The van der Waals surface area contributed by atoms with Crippen molar-refractivity contribution >= 4 is 12.4 Å². The van der Waals surface area contributed by atoms with Gasteiger partial charge in [-0.3, -0.25) is 0 Å². The van der Waals surface area contributed by atoms with Crippen molar-refractivity contribution in [3.8, 4) is 0 Å². The Morgan fingerprint density at radius 2 is 1.95 bits per heavy atom. The summed E-state index contributed by atoms with van der Waals surface area (Å²) in [5.74, 6) is 0.0511. The Morgan fingerprint density at radius 3 is 2.52 bits per heavy atom. The zero-order valence-electron chi connectivity index (χ0n) is 12.9. The van der Waals surface area contributed by atoms with Gasteiger partial charge in [0.15, 0.2) is 0 Å². The van der Waals surface area contributed by atoms with Crippen LogP contribution in [-0.4, -0.2) is 36.0 Å². The summed E-state index contributed by atoms with van der Waals surface area (Å²) in [4.78, 5) is 25.0. The molecule has 0 saturated carbocycles. The van der Waals surface area contributed by atoms with Crippen molar-refractivity contribution in [2.75, 3.05) is 13.1 Å². The van der Waals surface area contributed by atoms with Crippen molar-refractivity contribution < 1.29 is 14.3 Å². The van der Waals surface area contributed by atoms with E-state index < -0.39 is 5.60 Å². The summed E-state index contributed by atoms with van der Waals surface area (Å²) in [6.45, 7) is 6.57. The summed E-state index contributed by atoms with van der Waals surface area (Å²) in [6, 6.07) is 10.1. The molecule has 1 aromatic carbocycles. The first kappa shape index (κ1) is 15.5. The van der Waals surface area contributed by atoms with Crippen LogP contribution in [0.2, 0.25) is 0 Å². The fraction of sp³-hybridized carbons (Fsp3) is 0.529. The molecule has 0 aliphatic carbocycles. The van der Waals surface area contributed by atoms with E-state index in [0.717, 1.165) is 12.7 Å². The lowest BCUT2D eigenvalue weighted by Gasteiger charge is -2.24. The number of ether oxygens (including phenoxy) is 1. The first-order valence-electron chi connectivity index (χ1n) is 7.36. The standard InChI is InChI=1S/C17H23NO3/c1-17(2,3)21-16(20)18-10-14(15(11-18)12-19)9-13-7-5-4-6-8-13/h4-8,12,14-15H,9-11H2,1-3H3/t14-,15-/m1/s1. The fourth-order valence-electron chi connectivity index (χ4n) is 2.66. The predicted octanol–water partition coefficient (Wildman–Crippen LogP) is 2.91. The SMILES string of the molecule is CC(C)(C)OC(=O)N1C[C@@H](Cc2ccccc2)[C@@H](C=O)C1. The summed E-state index contributed by atoms with van der Waals surface area (Å²) in [5, 5.41) is 0. The van der Waals surface area contributed by atoms with Gasteiger partial charge in [-0.2, -0.15) is 0 Å². The largest absolute Gasteiger partial charge is 0.444 e. The Morgan fingerprint density at radius 1 is 1.29 bits per heavy atom. The molecule has 1 aliphatic heterocycles. The molecule has 1 fully saturated rings. The first-order chi connectivity index (χ1) is 9.89. The van der Waals surface area contributed by atoms with Gasteiger partial charge in [-0.1, -0.05) is 30.3 Å². The number of nitrogens with zero attached hydrogens (tertiary/aromatic N) is 1. The lowest BCUT2D eigenvalue weighted by atomic mass is 9.91. The molecule has 4 heteroatoms. The van der Waals surface area contributed by atoms with E-state index in [9.17, 15) is 9.59 Å². The Bertz CT molecular complexity index is 493. The fourth-order valence-corrected chi connectivity index (χ4v) is 2.66. The molecule has 1 aromatic rings. The molecule has 114 valence electrons. The third-order valence-electron chi connectivity index (χ3n) is 3.66. The normalized spacial score (nSPS) is 22.1. The molecule has 0 N–H and O–H groups in total. The Balaban J connectivity index is 2.00. The highest BCUT2D eigenvalue weighted by molar-refractivity contribution is 5.70. The number of likely N-dealkylation sites (tertiary alicyclic amines) is 1. The highest BCUT2D eigenvalue weighted by Gasteiger charge is 2.36. The molecule has 0 spiro atoms. The quantitative estimate of drug-likeness (QED) is 0.804. The highest BCUT2D eigenvalue weighted by Crippen LogP contribution is 2.27. The van der Waals surface area contributed by atoms with Crippen LogP contribution in [-0.2, 0) is 16.0 Å². The van der Waals surface area contributed by atoms with E-state index in [-0.39, 0.29) is 17.9 Å². The minimum absolute atomic E-state index is 0.113. The topological polar surface area (TPSA) is 46.6 Å². The highest BCUT2D eigenvalue weighted by atomic mass is 16.6. The van der Waals surface area contributed by atoms with Crippen LogP contribution in [0.15, 0.2) is 30.3 Å². The molecular formula is C17H23NO3. The van der Waals surface area contributed by atoms with Gasteiger partial charge in [0.2, 0.25) is 0 Å². The maximum absolute atomic E-state index is 12.1. The van der Waals surface area contributed by atoms with Crippen LogP contribution in [0.4, 0.5) is 4.79 Å². The van der Waals surface area contributed by atoms with Gasteiger partial charge >= 0.3 is 6.09 Å². The molecule has 4 nitrogen and oxygen atoms in total. The van der Waals surface area contributed by atoms with Crippen molar-refractivity contribution in [1.82, 2.24) is 4.90 Å². The second kappa shape index (κ2) is 6.29. The zero-order chi connectivity index (χ0) is 15.5. The monoisotopic (exact) mass is 289 g/mol. The molecule has 1 saturated heterocycles. The van der Waals surface area contributed by atoms with Gasteiger partial charge < -0.3 is 14.4 Å².